The zero-order chi connectivity index (χ0) is 21.7. The summed E-state index contributed by atoms with van der Waals surface area (Å²) in [4.78, 5) is 27.1. The summed E-state index contributed by atoms with van der Waals surface area (Å²) in [6, 6.07) is 27.3. The minimum atomic E-state index is -0.926. The van der Waals surface area contributed by atoms with E-state index < -0.39 is 5.54 Å². The fourth-order valence-electron chi connectivity index (χ4n) is 3.92. The standard InChI is InChI=1S/C26H27N3O2/c1-26(21-9-4-2-5-10-21,28-22-11-6-3-7-12-22)25(31)27-19-20-14-16-23(17-15-20)29-18-8-13-24(29)30/h2-7,9-12,14-17,28H,8,13,18-19H2,1H3,(H,27,31)/t26-/m1/s1. The van der Waals surface area contributed by atoms with Crippen LogP contribution in [0, 0.1) is 0 Å². The first-order valence-corrected chi connectivity index (χ1v) is 10.6. The van der Waals surface area contributed by atoms with Crippen molar-refractivity contribution in [3.8, 4) is 0 Å². The SMILES string of the molecule is C[C@](Nc1ccccc1)(C(=O)NCc1ccc(N2CCCC2=O)cc1)c1ccccc1. The molecular weight excluding hydrogens is 386 g/mol. The molecule has 0 unspecified atom stereocenters. The van der Waals surface area contributed by atoms with Gasteiger partial charge in [-0.2, -0.15) is 0 Å². The molecule has 3 aromatic carbocycles. The molecule has 0 aromatic heterocycles. The molecule has 0 saturated carbocycles. The third-order valence-corrected chi connectivity index (χ3v) is 5.75. The van der Waals surface area contributed by atoms with E-state index in [1.165, 1.54) is 0 Å². The van der Waals surface area contributed by atoms with Gasteiger partial charge < -0.3 is 15.5 Å². The van der Waals surface area contributed by atoms with Gasteiger partial charge in [0.15, 0.2) is 0 Å². The fraction of sp³-hybridized carbons (Fsp3) is 0.231. The van der Waals surface area contributed by atoms with E-state index in [1.54, 1.807) is 0 Å². The number of hydrogen-bond donors (Lipinski definition) is 2. The number of para-hydroxylation sites is 1. The minimum absolute atomic E-state index is 0.110. The lowest BCUT2D eigenvalue weighted by molar-refractivity contribution is -0.125. The van der Waals surface area contributed by atoms with Gasteiger partial charge in [0, 0.05) is 30.9 Å². The molecule has 0 bridgehead atoms. The van der Waals surface area contributed by atoms with Crippen LogP contribution >= 0.6 is 0 Å². The van der Waals surface area contributed by atoms with Gasteiger partial charge >= 0.3 is 0 Å². The molecule has 3 aromatic rings. The molecule has 2 amide bonds. The van der Waals surface area contributed by atoms with Crippen molar-refractivity contribution < 1.29 is 9.59 Å². The van der Waals surface area contributed by atoms with Crippen LogP contribution in [0.2, 0.25) is 0 Å². The van der Waals surface area contributed by atoms with E-state index in [-0.39, 0.29) is 11.8 Å². The summed E-state index contributed by atoms with van der Waals surface area (Å²) < 4.78 is 0. The molecule has 1 aliphatic heterocycles. The molecule has 158 valence electrons. The van der Waals surface area contributed by atoms with Gasteiger partial charge in [0.1, 0.15) is 5.54 Å². The van der Waals surface area contributed by atoms with Crippen molar-refractivity contribution >= 4 is 23.2 Å². The molecule has 1 atom stereocenters. The van der Waals surface area contributed by atoms with E-state index in [0.717, 1.165) is 35.5 Å². The van der Waals surface area contributed by atoms with Gasteiger partial charge in [-0.05, 0) is 48.7 Å². The lowest BCUT2D eigenvalue weighted by atomic mass is 9.90. The molecule has 5 nitrogen and oxygen atoms in total. The first kappa shape index (κ1) is 20.7. The Balaban J connectivity index is 1.48. The Hall–Kier alpha value is -3.60. The second-order valence-corrected chi connectivity index (χ2v) is 7.98. The fourth-order valence-corrected chi connectivity index (χ4v) is 3.92. The van der Waals surface area contributed by atoms with Gasteiger partial charge in [-0.1, -0.05) is 60.7 Å². The van der Waals surface area contributed by atoms with Crippen LogP contribution in [0.5, 0.6) is 0 Å². The van der Waals surface area contributed by atoms with Crippen molar-refractivity contribution in [2.45, 2.75) is 31.8 Å². The Bertz CT molecular complexity index is 1040. The molecule has 0 aliphatic carbocycles. The summed E-state index contributed by atoms with van der Waals surface area (Å²) >= 11 is 0. The van der Waals surface area contributed by atoms with Crippen LogP contribution in [0.4, 0.5) is 11.4 Å². The maximum atomic E-state index is 13.3. The van der Waals surface area contributed by atoms with Gasteiger partial charge in [0.05, 0.1) is 0 Å². The molecule has 0 spiro atoms. The van der Waals surface area contributed by atoms with E-state index >= 15 is 0 Å². The highest BCUT2D eigenvalue weighted by molar-refractivity contribution is 5.95. The van der Waals surface area contributed by atoms with Crippen LogP contribution in [0.1, 0.15) is 30.9 Å². The molecule has 1 saturated heterocycles. The third kappa shape index (κ3) is 4.61. The molecule has 1 fully saturated rings. The Morgan fingerprint density at radius 3 is 2.19 bits per heavy atom. The highest BCUT2D eigenvalue weighted by Gasteiger charge is 2.35. The highest BCUT2D eigenvalue weighted by atomic mass is 16.2. The minimum Gasteiger partial charge on any atom is -0.368 e. The Kier molecular flexibility index (Phi) is 6.03. The highest BCUT2D eigenvalue weighted by Crippen LogP contribution is 2.27. The van der Waals surface area contributed by atoms with Crippen molar-refractivity contribution in [3.63, 3.8) is 0 Å². The summed E-state index contributed by atoms with van der Waals surface area (Å²) in [5.41, 5.74) is 2.74. The topological polar surface area (TPSA) is 61.4 Å². The summed E-state index contributed by atoms with van der Waals surface area (Å²) in [5.74, 6) is 0.0630. The van der Waals surface area contributed by atoms with Crippen molar-refractivity contribution in [1.82, 2.24) is 5.32 Å². The number of amides is 2. The first-order valence-electron chi connectivity index (χ1n) is 10.6. The van der Waals surface area contributed by atoms with E-state index in [1.807, 2.05) is 96.8 Å². The van der Waals surface area contributed by atoms with Gasteiger partial charge in [-0.25, -0.2) is 0 Å². The molecule has 1 heterocycles. The summed E-state index contributed by atoms with van der Waals surface area (Å²) in [7, 11) is 0. The zero-order valence-corrected chi connectivity index (χ0v) is 17.7. The number of hydrogen-bond acceptors (Lipinski definition) is 3. The molecule has 0 radical (unpaired) electrons. The number of carbonyl (C=O) groups is 2. The van der Waals surface area contributed by atoms with Crippen LogP contribution in [-0.4, -0.2) is 18.4 Å². The number of carbonyl (C=O) groups excluding carboxylic acids is 2. The normalized spacial score (nSPS) is 15.4. The second-order valence-electron chi connectivity index (χ2n) is 7.98. The largest absolute Gasteiger partial charge is 0.368 e. The summed E-state index contributed by atoms with van der Waals surface area (Å²) in [5, 5.41) is 6.48. The Morgan fingerprint density at radius 1 is 0.935 bits per heavy atom. The van der Waals surface area contributed by atoms with Crippen molar-refractivity contribution in [1.29, 1.82) is 0 Å². The maximum Gasteiger partial charge on any atom is 0.250 e. The van der Waals surface area contributed by atoms with E-state index in [9.17, 15) is 9.59 Å². The predicted octanol–water partition coefficient (Wildman–Crippen LogP) is 4.46. The molecule has 4 rings (SSSR count). The average molecular weight is 414 g/mol. The number of nitrogens with zero attached hydrogens (tertiary/aromatic N) is 1. The molecule has 31 heavy (non-hydrogen) atoms. The first-order chi connectivity index (χ1) is 15.1. The quantitative estimate of drug-likeness (QED) is 0.601. The monoisotopic (exact) mass is 413 g/mol. The number of anilines is 2. The number of rotatable bonds is 7. The van der Waals surface area contributed by atoms with Crippen LogP contribution in [-0.2, 0) is 21.7 Å². The zero-order valence-electron chi connectivity index (χ0n) is 17.7. The Morgan fingerprint density at radius 2 is 1.58 bits per heavy atom. The third-order valence-electron chi connectivity index (χ3n) is 5.75. The van der Waals surface area contributed by atoms with Crippen LogP contribution < -0.4 is 15.5 Å². The van der Waals surface area contributed by atoms with Crippen molar-refractivity contribution in [2.24, 2.45) is 0 Å². The average Bonchev–Trinajstić information content (AvgIpc) is 3.24. The molecule has 2 N–H and O–H groups in total. The molecule has 1 aliphatic rings. The van der Waals surface area contributed by atoms with Crippen molar-refractivity contribution in [2.75, 3.05) is 16.8 Å². The molecule has 5 heteroatoms. The lowest BCUT2D eigenvalue weighted by Gasteiger charge is -2.31. The van der Waals surface area contributed by atoms with Crippen LogP contribution in [0.25, 0.3) is 0 Å². The second kappa shape index (κ2) is 9.04. The van der Waals surface area contributed by atoms with Crippen LogP contribution in [0.15, 0.2) is 84.9 Å². The van der Waals surface area contributed by atoms with Gasteiger partial charge in [-0.3, -0.25) is 9.59 Å². The van der Waals surface area contributed by atoms with E-state index in [2.05, 4.69) is 10.6 Å². The number of benzene rings is 3. The van der Waals surface area contributed by atoms with Crippen molar-refractivity contribution in [3.05, 3.63) is 96.1 Å². The van der Waals surface area contributed by atoms with Gasteiger partial charge in [-0.15, -0.1) is 0 Å². The summed E-state index contributed by atoms with van der Waals surface area (Å²) in [6.07, 6.45) is 1.52. The van der Waals surface area contributed by atoms with Gasteiger partial charge in [0.25, 0.3) is 0 Å². The maximum absolute atomic E-state index is 13.3. The van der Waals surface area contributed by atoms with Gasteiger partial charge in [0.2, 0.25) is 11.8 Å². The Labute approximate surface area is 183 Å². The smallest absolute Gasteiger partial charge is 0.250 e. The lowest BCUT2D eigenvalue weighted by Crippen LogP contribution is -2.47. The van der Waals surface area contributed by atoms with E-state index in [0.29, 0.717) is 13.0 Å². The van der Waals surface area contributed by atoms with E-state index in [4.69, 9.17) is 0 Å². The predicted molar refractivity (Wildman–Crippen MR) is 124 cm³/mol. The summed E-state index contributed by atoms with van der Waals surface area (Å²) in [6.45, 7) is 3.08. The van der Waals surface area contributed by atoms with Crippen LogP contribution in [0.3, 0.4) is 0 Å². The molecular formula is C26H27N3O2. The number of nitrogens with one attached hydrogen (secondary N) is 2.